The van der Waals surface area contributed by atoms with E-state index in [0.717, 1.165) is 11.1 Å². The predicted molar refractivity (Wildman–Crippen MR) is 112 cm³/mol. The van der Waals surface area contributed by atoms with E-state index in [-0.39, 0.29) is 12.3 Å². The molecule has 2 heterocycles. The molecule has 0 spiro atoms. The van der Waals surface area contributed by atoms with Crippen molar-refractivity contribution >= 4 is 27.8 Å². The number of nitrogens with zero attached hydrogens (tertiary/aromatic N) is 1. The first-order valence-corrected chi connectivity index (χ1v) is 15.7. The third-order valence-corrected chi connectivity index (χ3v) is 12.4. The minimum absolute atomic E-state index is 0.0141. The Morgan fingerprint density at radius 1 is 1.32 bits per heavy atom. The Balaban J connectivity index is 1.43. The van der Waals surface area contributed by atoms with E-state index in [2.05, 4.69) is 6.07 Å². The van der Waals surface area contributed by atoms with E-state index in [4.69, 9.17) is 22.7 Å². The van der Waals surface area contributed by atoms with Gasteiger partial charge in [-0.2, -0.15) is 0 Å². The van der Waals surface area contributed by atoms with E-state index < -0.39 is 37.9 Å². The van der Waals surface area contributed by atoms with Crippen molar-refractivity contribution in [1.29, 1.82) is 5.26 Å². The van der Waals surface area contributed by atoms with E-state index in [0.29, 0.717) is 33.6 Å². The second-order valence-corrected chi connectivity index (χ2v) is 14.7. The number of hydrogen-bond donors (Lipinski definition) is 1. The molecule has 2 aromatic rings. The van der Waals surface area contributed by atoms with Crippen molar-refractivity contribution in [3.05, 3.63) is 65.2 Å². The van der Waals surface area contributed by atoms with E-state index >= 15 is 4.39 Å². The molecular formula is C23H21FInNO5. The van der Waals surface area contributed by atoms with Gasteiger partial charge in [0.2, 0.25) is 0 Å². The second kappa shape index (κ2) is 9.23. The Kier molecular flexibility index (Phi) is 6.42. The van der Waals surface area contributed by atoms with Gasteiger partial charge in [-0.3, -0.25) is 0 Å². The first-order valence-electron chi connectivity index (χ1n) is 10.1. The van der Waals surface area contributed by atoms with Crippen LogP contribution in [0.1, 0.15) is 29.0 Å². The summed E-state index contributed by atoms with van der Waals surface area (Å²) in [4.78, 5) is 11.0. The Morgan fingerprint density at radius 3 is 2.87 bits per heavy atom. The molecule has 6 nitrogen and oxygen atoms in total. The zero-order valence-electron chi connectivity index (χ0n) is 17.0. The van der Waals surface area contributed by atoms with Crippen LogP contribution in [0.25, 0.3) is 0 Å². The summed E-state index contributed by atoms with van der Waals surface area (Å²) in [6.45, 7) is 2.14. The van der Waals surface area contributed by atoms with Crippen molar-refractivity contribution < 1.29 is 26.6 Å². The van der Waals surface area contributed by atoms with Gasteiger partial charge in [0.25, 0.3) is 0 Å². The topological polar surface area (TPSA) is 88.8 Å². The molecule has 3 atom stereocenters. The molecule has 0 saturated heterocycles. The fourth-order valence-corrected chi connectivity index (χ4v) is 9.70. The monoisotopic (exact) mass is 525 g/mol. The fraction of sp³-hybridized carbons (Fsp3) is 0.304. The van der Waals surface area contributed by atoms with Crippen LogP contribution in [0.4, 0.5) is 4.39 Å². The van der Waals surface area contributed by atoms with Gasteiger partial charge in [0.15, 0.2) is 0 Å². The molecule has 0 unspecified atom stereocenters. The molecule has 0 amide bonds. The summed E-state index contributed by atoms with van der Waals surface area (Å²) in [6.07, 6.45) is 2.95. The van der Waals surface area contributed by atoms with Gasteiger partial charge in [-0.05, 0) is 0 Å². The van der Waals surface area contributed by atoms with Crippen molar-refractivity contribution in [2.75, 3.05) is 6.61 Å². The van der Waals surface area contributed by atoms with Crippen molar-refractivity contribution in [3.8, 4) is 23.3 Å². The van der Waals surface area contributed by atoms with Gasteiger partial charge in [-0.1, -0.05) is 0 Å². The molecule has 0 aliphatic carbocycles. The van der Waals surface area contributed by atoms with Crippen molar-refractivity contribution in [2.45, 2.75) is 33.5 Å². The number of nitriles is 1. The third-order valence-electron chi connectivity index (χ3n) is 5.53. The molecule has 0 fully saturated rings. The molecule has 0 radical (unpaired) electrons. The molecule has 0 saturated carbocycles. The summed E-state index contributed by atoms with van der Waals surface area (Å²) in [7, 11) is 0. The van der Waals surface area contributed by atoms with Crippen LogP contribution >= 0.6 is 0 Å². The normalized spacial score (nSPS) is 21.7. The standard InChI is InChI=1S/C13H12FNO.C10H10O4.In/c1-3-4-13(8-14)16-12-6-5-11(9-15)10(2)7-12;11-7-1-2-8-6(3-10(12)13)5-14-9(8)4-7;/h3-8,13H,1H2,2H3;1-2,4,6,11H,3,5H2,(H,12,13);/q;;+1/p-1/t13-;6-;/m11./s1. The van der Waals surface area contributed by atoms with E-state index in [1.165, 1.54) is 0 Å². The maximum absolute atomic E-state index is 15.3. The van der Waals surface area contributed by atoms with E-state index in [1.807, 2.05) is 19.1 Å². The van der Waals surface area contributed by atoms with Crippen LogP contribution in [0.15, 0.2) is 48.6 Å². The fourth-order valence-electron chi connectivity index (χ4n) is 3.89. The quantitative estimate of drug-likeness (QED) is 0.573. The van der Waals surface area contributed by atoms with Crippen molar-refractivity contribution in [2.24, 2.45) is 0 Å². The number of ether oxygens (including phenoxy) is 2. The summed E-state index contributed by atoms with van der Waals surface area (Å²) in [6, 6.07) is 12.5. The van der Waals surface area contributed by atoms with Crippen LogP contribution in [0.2, 0.25) is 4.18 Å². The van der Waals surface area contributed by atoms with Crippen molar-refractivity contribution in [1.82, 2.24) is 0 Å². The Bertz CT molecular complexity index is 1070. The first kappa shape index (κ1) is 21.6. The number of carboxylic acid groups (broad SMARTS) is 1. The average Bonchev–Trinajstić information content (AvgIpc) is 3.12. The van der Waals surface area contributed by atoms with Crippen LogP contribution in [-0.4, -0.2) is 49.6 Å². The van der Waals surface area contributed by atoms with Crippen LogP contribution in [0.3, 0.4) is 0 Å². The zero-order chi connectivity index (χ0) is 22.0. The summed E-state index contributed by atoms with van der Waals surface area (Å²) in [5.41, 5.74) is 2.20. The van der Waals surface area contributed by atoms with E-state index in [1.54, 1.807) is 36.4 Å². The van der Waals surface area contributed by atoms with Crippen LogP contribution < -0.4 is 12.3 Å². The van der Waals surface area contributed by atoms with Gasteiger partial charge in [-0.25, -0.2) is 0 Å². The molecule has 4 rings (SSSR count). The van der Waals surface area contributed by atoms with Crippen LogP contribution in [-0.2, 0) is 4.79 Å². The molecule has 1 N–H and O–H groups in total. The summed E-state index contributed by atoms with van der Waals surface area (Å²) in [5, 5.41) is 18.1. The molecule has 158 valence electrons. The van der Waals surface area contributed by atoms with Crippen LogP contribution in [0.5, 0.6) is 17.2 Å². The number of fused-ring (bicyclic) bond motifs is 1. The summed E-state index contributed by atoms with van der Waals surface area (Å²) in [5.74, 6) is 0.649. The number of rotatable bonds is 6. The number of aliphatic carboxylic acids is 1. The van der Waals surface area contributed by atoms with Crippen LogP contribution in [0, 0.1) is 18.3 Å². The minimum atomic E-state index is -3.13. The van der Waals surface area contributed by atoms with Gasteiger partial charge < -0.3 is 0 Å². The van der Waals surface area contributed by atoms with Crippen molar-refractivity contribution in [3.63, 3.8) is 0 Å². The molecule has 2 aliphatic heterocycles. The number of allylic oxidation sites excluding steroid dienone is 1. The molecule has 31 heavy (non-hydrogen) atoms. The molecule has 0 aromatic heterocycles. The number of carbonyl (C=O) groups is 1. The molecule has 8 heteroatoms. The first-order chi connectivity index (χ1) is 14.9. The third kappa shape index (κ3) is 4.82. The Hall–Kier alpha value is -2.66. The Morgan fingerprint density at radius 2 is 2.13 bits per heavy atom. The predicted octanol–water partition coefficient (Wildman–Crippen LogP) is 4.08. The second-order valence-electron chi connectivity index (χ2n) is 7.74. The van der Waals surface area contributed by atoms with Gasteiger partial charge in [0.1, 0.15) is 0 Å². The number of carboxylic acids is 1. The van der Waals surface area contributed by atoms with Gasteiger partial charge in [0, 0.05) is 0 Å². The Labute approximate surface area is 188 Å². The summed E-state index contributed by atoms with van der Waals surface area (Å²) < 4.78 is 32.3. The van der Waals surface area contributed by atoms with E-state index in [9.17, 15) is 4.79 Å². The SMILES string of the molecule is Cc1cc(O[C@@H]2C=C[CH2][In]([O]c3ccc4c(c3)OC[C@H]4CC(=O)O)[C@H]2F)ccc1C#N. The van der Waals surface area contributed by atoms with Gasteiger partial charge in [0.05, 0.1) is 0 Å². The number of hydrogen-bond acceptors (Lipinski definition) is 5. The van der Waals surface area contributed by atoms with Gasteiger partial charge in [-0.15, -0.1) is 0 Å². The maximum atomic E-state index is 15.3. The molecule has 0 bridgehead atoms. The zero-order valence-corrected chi connectivity index (χ0v) is 20.3. The molecular weight excluding hydrogens is 504 g/mol. The molecule has 2 aromatic carbocycles. The summed E-state index contributed by atoms with van der Waals surface area (Å²) >= 11 is -3.13. The van der Waals surface area contributed by atoms with Gasteiger partial charge >= 0.3 is 188 Å². The number of aryl methyl sites for hydroxylation is 1. The number of halogens is 1. The molecule has 2 aliphatic rings. The number of benzene rings is 2. The average molecular weight is 525 g/mol. The number of alkyl halides is 1.